The van der Waals surface area contributed by atoms with Crippen LogP contribution in [0.4, 0.5) is 0 Å². The van der Waals surface area contributed by atoms with Crippen LogP contribution in [-0.4, -0.2) is 0 Å². The van der Waals surface area contributed by atoms with Crippen molar-refractivity contribution >= 4 is 33.3 Å². The fraction of sp³-hybridized carbons (Fsp3) is 0.387. The van der Waals surface area contributed by atoms with Gasteiger partial charge in [-0.25, -0.2) is 4.57 Å². The summed E-state index contributed by atoms with van der Waals surface area (Å²) in [6, 6.07) is 14.2. The number of nitrogens with zero attached hydrogens (tertiary/aromatic N) is 1. The van der Waals surface area contributed by atoms with E-state index in [0.717, 1.165) is 12.8 Å². The molecule has 0 unspecified atom stereocenters. The molecule has 3 aromatic carbocycles. The van der Waals surface area contributed by atoms with Crippen LogP contribution in [0.2, 0.25) is 0 Å². The Morgan fingerprint density at radius 3 is 2.42 bits per heavy atom. The zero-order valence-corrected chi connectivity index (χ0v) is 22.2. The summed E-state index contributed by atoms with van der Waals surface area (Å²) >= 11 is 2.01. The number of benzene rings is 3. The fourth-order valence-electron chi connectivity index (χ4n) is 5.55. The molecule has 2 heterocycles. The molecule has 0 atom stereocenters. The van der Waals surface area contributed by atoms with Gasteiger partial charge in [0.2, 0.25) is 5.69 Å². The van der Waals surface area contributed by atoms with Crippen LogP contribution in [0.3, 0.4) is 0 Å². The van der Waals surface area contributed by atoms with Crippen molar-refractivity contribution in [3.63, 3.8) is 0 Å². The van der Waals surface area contributed by atoms with Crippen molar-refractivity contribution in [2.24, 2.45) is 18.4 Å². The molecule has 33 heavy (non-hydrogen) atoms. The highest BCUT2D eigenvalue weighted by Crippen LogP contribution is 2.52. The number of fused-ring (bicyclic) bond motifs is 3. The Hall–Kier alpha value is -2.32. The third kappa shape index (κ3) is 3.87. The van der Waals surface area contributed by atoms with Crippen molar-refractivity contribution in [3.05, 3.63) is 64.8 Å². The maximum Gasteiger partial charge on any atom is 0.222 e. The van der Waals surface area contributed by atoms with Crippen LogP contribution >= 0.6 is 11.8 Å². The van der Waals surface area contributed by atoms with Gasteiger partial charge >= 0.3 is 0 Å². The molecule has 1 aliphatic rings. The van der Waals surface area contributed by atoms with Gasteiger partial charge in [-0.1, -0.05) is 76.2 Å². The van der Waals surface area contributed by atoms with E-state index < -0.39 is 0 Å². The third-order valence-corrected chi connectivity index (χ3v) is 8.03. The minimum absolute atomic E-state index is 0.271. The highest BCUT2D eigenvalue weighted by molar-refractivity contribution is 7.99. The van der Waals surface area contributed by atoms with Crippen molar-refractivity contribution in [2.45, 2.75) is 71.1 Å². The zero-order chi connectivity index (χ0) is 23.7. The minimum atomic E-state index is 0.271. The van der Waals surface area contributed by atoms with E-state index in [1.165, 1.54) is 64.8 Å². The molecule has 4 aromatic rings. The van der Waals surface area contributed by atoms with Crippen molar-refractivity contribution < 1.29 is 4.57 Å². The van der Waals surface area contributed by atoms with Crippen molar-refractivity contribution in [1.82, 2.24) is 0 Å². The van der Waals surface area contributed by atoms with Crippen LogP contribution in [0.15, 0.2) is 52.4 Å². The molecule has 170 valence electrons. The maximum absolute atomic E-state index is 2.47. The highest BCUT2D eigenvalue weighted by atomic mass is 32.2. The predicted molar refractivity (Wildman–Crippen MR) is 143 cm³/mol. The van der Waals surface area contributed by atoms with Gasteiger partial charge in [0.1, 0.15) is 7.05 Å². The molecule has 0 aliphatic carbocycles. The Morgan fingerprint density at radius 1 is 0.970 bits per heavy atom. The highest BCUT2D eigenvalue weighted by Gasteiger charge is 2.32. The Bertz CT molecular complexity index is 1420. The third-order valence-electron chi connectivity index (χ3n) is 6.84. The molecule has 0 N–H and O–H groups in total. The van der Waals surface area contributed by atoms with Crippen LogP contribution in [0, 0.1) is 25.2 Å². The van der Waals surface area contributed by atoms with E-state index in [0.29, 0.717) is 5.92 Å². The van der Waals surface area contributed by atoms with E-state index in [-0.39, 0.29) is 5.41 Å². The van der Waals surface area contributed by atoms with Crippen LogP contribution in [-0.2, 0) is 19.9 Å². The second-order valence-corrected chi connectivity index (χ2v) is 12.7. The quantitative estimate of drug-likeness (QED) is 0.248. The van der Waals surface area contributed by atoms with Gasteiger partial charge in [-0.05, 0) is 76.9 Å². The first kappa shape index (κ1) is 22.5. The van der Waals surface area contributed by atoms with Gasteiger partial charge in [0.05, 0.1) is 10.9 Å². The van der Waals surface area contributed by atoms with E-state index in [9.17, 15) is 0 Å². The first-order valence-corrected chi connectivity index (χ1v) is 13.0. The molecule has 0 saturated heterocycles. The van der Waals surface area contributed by atoms with Gasteiger partial charge < -0.3 is 0 Å². The molecule has 0 spiro atoms. The molecule has 0 bridgehead atoms. The Morgan fingerprint density at radius 2 is 1.73 bits per heavy atom. The van der Waals surface area contributed by atoms with E-state index in [4.69, 9.17) is 0 Å². The summed E-state index contributed by atoms with van der Waals surface area (Å²) in [5.41, 5.74) is 8.81. The number of rotatable bonds is 3. The van der Waals surface area contributed by atoms with E-state index in [1.54, 1.807) is 0 Å². The van der Waals surface area contributed by atoms with Gasteiger partial charge in [-0.15, -0.1) is 0 Å². The standard InChI is InChI=1S/C31H36NS/c1-18(2)13-25-24-14-19(3)9-10-23(24)20(4)27-29-28-22(11-12-32(29)8)15-21(17-31(5,6)7)16-26(28)33-30(25)27/h9-12,14-16,18H,13,17H2,1-8H3/q+1. The summed E-state index contributed by atoms with van der Waals surface area (Å²) in [6.45, 7) is 16.2. The minimum Gasteiger partial charge on any atom is -0.200 e. The molecule has 1 aliphatic heterocycles. The summed E-state index contributed by atoms with van der Waals surface area (Å²) in [5.74, 6) is 0.610. The maximum atomic E-state index is 2.47. The Labute approximate surface area is 203 Å². The van der Waals surface area contributed by atoms with Crippen LogP contribution in [0.5, 0.6) is 0 Å². The lowest BCUT2D eigenvalue weighted by Gasteiger charge is -2.26. The molecule has 5 rings (SSSR count). The number of aromatic nitrogens is 1. The van der Waals surface area contributed by atoms with Crippen molar-refractivity contribution in [1.29, 1.82) is 0 Å². The number of hydrogen-bond acceptors (Lipinski definition) is 1. The Kier molecular flexibility index (Phi) is 5.36. The molecule has 0 saturated carbocycles. The molecule has 0 amide bonds. The van der Waals surface area contributed by atoms with Gasteiger partial charge in [0.15, 0.2) is 6.20 Å². The molecule has 0 fully saturated rings. The lowest BCUT2D eigenvalue weighted by molar-refractivity contribution is -0.659. The molecule has 1 nitrogen and oxygen atoms in total. The van der Waals surface area contributed by atoms with E-state index >= 15 is 0 Å². The smallest absolute Gasteiger partial charge is 0.200 e. The lowest BCUT2D eigenvalue weighted by atomic mass is 9.86. The van der Waals surface area contributed by atoms with Crippen LogP contribution < -0.4 is 4.57 Å². The van der Waals surface area contributed by atoms with Gasteiger partial charge in [0, 0.05) is 15.9 Å². The number of aryl methyl sites for hydroxylation is 3. The van der Waals surface area contributed by atoms with Gasteiger partial charge in [0.25, 0.3) is 0 Å². The van der Waals surface area contributed by atoms with E-state index in [1.807, 2.05) is 11.8 Å². The average Bonchev–Trinajstić information content (AvgIpc) is 2.71. The molecule has 0 radical (unpaired) electrons. The Balaban J connectivity index is 1.89. The topological polar surface area (TPSA) is 3.88 Å². The summed E-state index contributed by atoms with van der Waals surface area (Å²) < 4.78 is 2.35. The number of pyridine rings is 1. The van der Waals surface area contributed by atoms with Crippen molar-refractivity contribution in [3.8, 4) is 11.3 Å². The fourth-order valence-corrected chi connectivity index (χ4v) is 6.97. The molecule has 2 heteroatoms. The first-order valence-electron chi connectivity index (χ1n) is 12.2. The second kappa shape index (κ2) is 7.87. The molecule has 1 aromatic heterocycles. The normalized spacial score (nSPS) is 13.2. The van der Waals surface area contributed by atoms with Gasteiger partial charge in [-0.3, -0.25) is 0 Å². The summed E-state index contributed by atoms with van der Waals surface area (Å²) in [6.07, 6.45) is 4.45. The molecular weight excluding hydrogens is 418 g/mol. The first-order chi connectivity index (χ1) is 15.5. The SMILES string of the molecule is Cc1ccc2c(C)c3c(c(CC(C)C)c2c1)Sc1cc(CC(C)(C)C)cc2cc[n+](C)c-3c12. The monoisotopic (exact) mass is 454 g/mol. The predicted octanol–water partition coefficient (Wildman–Crippen LogP) is 8.35. The number of hydrogen-bond donors (Lipinski definition) is 0. The van der Waals surface area contributed by atoms with Crippen LogP contribution in [0.1, 0.15) is 56.9 Å². The largest absolute Gasteiger partial charge is 0.222 e. The summed E-state index contributed by atoms with van der Waals surface area (Å²) in [7, 11) is 2.21. The van der Waals surface area contributed by atoms with Crippen LogP contribution in [0.25, 0.3) is 32.8 Å². The van der Waals surface area contributed by atoms with Gasteiger partial charge in [-0.2, -0.15) is 0 Å². The molecular formula is C31H36NS+. The summed E-state index contributed by atoms with van der Waals surface area (Å²) in [4.78, 5) is 2.89. The lowest BCUT2D eigenvalue weighted by Crippen LogP contribution is -2.32. The average molecular weight is 455 g/mol. The van der Waals surface area contributed by atoms with E-state index in [2.05, 4.69) is 103 Å². The van der Waals surface area contributed by atoms with Crippen molar-refractivity contribution in [2.75, 3.05) is 0 Å². The zero-order valence-electron chi connectivity index (χ0n) is 21.4. The summed E-state index contributed by atoms with van der Waals surface area (Å²) in [5, 5.41) is 5.63. The second-order valence-electron chi connectivity index (χ2n) is 11.6.